The Kier molecular flexibility index (Phi) is 6.38. The van der Waals surface area contributed by atoms with E-state index < -0.39 is 5.97 Å². The van der Waals surface area contributed by atoms with Crippen LogP contribution in [-0.4, -0.2) is 43.3 Å². The first-order chi connectivity index (χ1) is 9.08. The van der Waals surface area contributed by atoms with E-state index in [1.807, 2.05) is 0 Å². The predicted molar refractivity (Wildman–Crippen MR) is 66.6 cm³/mol. The minimum atomic E-state index is -1.03. The van der Waals surface area contributed by atoms with E-state index in [0.717, 1.165) is 0 Å². The Balaban J connectivity index is 2.24. The third kappa shape index (κ3) is 7.05. The molecule has 0 unspecified atom stereocenters. The monoisotopic (exact) mass is 268 g/mol. The topological polar surface area (TPSA) is 82.1 Å². The number of aliphatic carboxylic acids is 1. The van der Waals surface area contributed by atoms with Crippen LogP contribution in [0.15, 0.2) is 24.3 Å². The normalized spacial score (nSPS) is 9.95. The highest BCUT2D eigenvalue weighted by molar-refractivity contribution is 5.76. The fraction of sp³-hybridized carbons (Fsp3) is 0.385. The van der Waals surface area contributed by atoms with E-state index in [-0.39, 0.29) is 19.0 Å². The molecule has 0 aliphatic heterocycles. The number of carboxylic acids is 1. The van der Waals surface area contributed by atoms with Crippen LogP contribution in [-0.2, 0) is 14.3 Å². The lowest BCUT2D eigenvalue weighted by Gasteiger charge is -2.07. The molecule has 0 aliphatic carbocycles. The molecule has 0 saturated carbocycles. The van der Waals surface area contributed by atoms with Gasteiger partial charge in [-0.3, -0.25) is 4.79 Å². The van der Waals surface area contributed by atoms with Gasteiger partial charge in [0, 0.05) is 0 Å². The summed E-state index contributed by atoms with van der Waals surface area (Å²) in [4.78, 5) is 20.9. The Hall–Kier alpha value is -2.08. The number of carbonyl (C=O) groups excluding carboxylic acids is 1. The number of carbonyl (C=O) groups is 2. The smallest absolute Gasteiger partial charge is 0.341 e. The standard InChI is InChI=1S/C13H16O6/c1-10(14)8-17-6-7-18-11-2-4-12(5-3-11)19-9-13(15)16/h2-5H,6-9H2,1H3,(H,15,16). The number of hydrogen-bond donors (Lipinski definition) is 1. The maximum atomic E-state index is 10.6. The zero-order valence-electron chi connectivity index (χ0n) is 10.6. The molecular weight excluding hydrogens is 252 g/mol. The van der Waals surface area contributed by atoms with Gasteiger partial charge in [-0.2, -0.15) is 0 Å². The highest BCUT2D eigenvalue weighted by Crippen LogP contribution is 2.17. The molecule has 6 nitrogen and oxygen atoms in total. The first-order valence-corrected chi connectivity index (χ1v) is 5.72. The first-order valence-electron chi connectivity index (χ1n) is 5.72. The molecule has 1 aromatic carbocycles. The lowest BCUT2D eigenvalue weighted by atomic mass is 10.3. The summed E-state index contributed by atoms with van der Waals surface area (Å²) in [5.74, 6) is 0.0274. The van der Waals surface area contributed by atoms with Crippen LogP contribution >= 0.6 is 0 Å². The van der Waals surface area contributed by atoms with Crippen molar-refractivity contribution >= 4 is 11.8 Å². The van der Waals surface area contributed by atoms with Gasteiger partial charge in [-0.1, -0.05) is 0 Å². The summed E-state index contributed by atoms with van der Waals surface area (Å²) in [6, 6.07) is 6.58. The van der Waals surface area contributed by atoms with Crippen LogP contribution in [0.25, 0.3) is 0 Å². The maximum absolute atomic E-state index is 10.6. The molecule has 0 bridgehead atoms. The number of ketones is 1. The predicted octanol–water partition coefficient (Wildman–Crippen LogP) is 1.13. The van der Waals surface area contributed by atoms with Gasteiger partial charge in [-0.15, -0.1) is 0 Å². The highest BCUT2D eigenvalue weighted by Gasteiger charge is 2.00. The van der Waals surface area contributed by atoms with Gasteiger partial charge in [-0.05, 0) is 31.2 Å². The van der Waals surface area contributed by atoms with Gasteiger partial charge in [0.2, 0.25) is 0 Å². The largest absolute Gasteiger partial charge is 0.491 e. The van der Waals surface area contributed by atoms with Gasteiger partial charge >= 0.3 is 5.97 Å². The Labute approximate surface area is 110 Å². The molecule has 0 spiro atoms. The summed E-state index contributed by atoms with van der Waals surface area (Å²) in [5.41, 5.74) is 0. The maximum Gasteiger partial charge on any atom is 0.341 e. The van der Waals surface area contributed by atoms with Gasteiger partial charge in [0.15, 0.2) is 12.4 Å². The van der Waals surface area contributed by atoms with Crippen molar-refractivity contribution in [2.45, 2.75) is 6.92 Å². The van der Waals surface area contributed by atoms with Crippen molar-refractivity contribution in [1.29, 1.82) is 0 Å². The second-order valence-electron chi connectivity index (χ2n) is 3.76. The fourth-order valence-electron chi connectivity index (χ4n) is 1.21. The molecule has 0 fully saturated rings. The average molecular weight is 268 g/mol. The van der Waals surface area contributed by atoms with Crippen molar-refractivity contribution in [3.05, 3.63) is 24.3 Å². The first kappa shape index (κ1) is 15.0. The van der Waals surface area contributed by atoms with Crippen LogP contribution in [0.2, 0.25) is 0 Å². The second kappa shape index (κ2) is 8.10. The lowest BCUT2D eigenvalue weighted by Crippen LogP contribution is -2.11. The molecule has 1 aromatic rings. The van der Waals surface area contributed by atoms with Crippen LogP contribution in [0.5, 0.6) is 11.5 Å². The Morgan fingerprint density at radius 3 is 2.11 bits per heavy atom. The summed E-state index contributed by atoms with van der Waals surface area (Å²) < 4.78 is 15.4. The molecular formula is C13H16O6. The zero-order valence-corrected chi connectivity index (χ0v) is 10.6. The summed E-state index contributed by atoms with van der Waals surface area (Å²) in [7, 11) is 0. The SMILES string of the molecule is CC(=O)COCCOc1ccc(OCC(=O)O)cc1. The van der Waals surface area contributed by atoms with Crippen LogP contribution in [0.4, 0.5) is 0 Å². The van der Waals surface area contributed by atoms with Crippen LogP contribution in [0.3, 0.4) is 0 Å². The van der Waals surface area contributed by atoms with Crippen molar-refractivity contribution in [3.63, 3.8) is 0 Å². The van der Waals surface area contributed by atoms with E-state index in [9.17, 15) is 9.59 Å². The number of benzene rings is 1. The van der Waals surface area contributed by atoms with Gasteiger partial charge in [0.1, 0.15) is 24.7 Å². The van der Waals surface area contributed by atoms with E-state index in [1.54, 1.807) is 24.3 Å². The third-order valence-corrected chi connectivity index (χ3v) is 1.99. The minimum absolute atomic E-state index is 0.0278. The van der Waals surface area contributed by atoms with Crippen LogP contribution in [0, 0.1) is 0 Å². The van der Waals surface area contributed by atoms with Crippen molar-refractivity contribution in [2.75, 3.05) is 26.4 Å². The molecule has 0 aromatic heterocycles. The van der Waals surface area contributed by atoms with Crippen LogP contribution in [0.1, 0.15) is 6.92 Å². The molecule has 0 heterocycles. The fourth-order valence-corrected chi connectivity index (χ4v) is 1.21. The molecule has 0 amide bonds. The number of ether oxygens (including phenoxy) is 3. The van der Waals surface area contributed by atoms with Crippen molar-refractivity contribution in [2.24, 2.45) is 0 Å². The van der Waals surface area contributed by atoms with E-state index >= 15 is 0 Å². The van der Waals surface area contributed by atoms with E-state index in [4.69, 9.17) is 19.3 Å². The van der Waals surface area contributed by atoms with Crippen molar-refractivity contribution in [3.8, 4) is 11.5 Å². The third-order valence-electron chi connectivity index (χ3n) is 1.99. The Morgan fingerprint density at radius 1 is 1.00 bits per heavy atom. The van der Waals surface area contributed by atoms with Gasteiger partial charge < -0.3 is 19.3 Å². The lowest BCUT2D eigenvalue weighted by molar-refractivity contribution is -0.139. The number of hydrogen-bond acceptors (Lipinski definition) is 5. The van der Waals surface area contributed by atoms with Crippen molar-refractivity contribution in [1.82, 2.24) is 0 Å². The quantitative estimate of drug-likeness (QED) is 0.676. The van der Waals surface area contributed by atoms with Gasteiger partial charge in [0.05, 0.1) is 6.61 Å². The summed E-state index contributed by atoms with van der Waals surface area (Å²) >= 11 is 0. The van der Waals surface area contributed by atoms with Crippen molar-refractivity contribution < 1.29 is 28.9 Å². The van der Waals surface area contributed by atoms with E-state index in [0.29, 0.717) is 24.7 Å². The van der Waals surface area contributed by atoms with E-state index in [2.05, 4.69) is 0 Å². The zero-order chi connectivity index (χ0) is 14.1. The second-order valence-corrected chi connectivity index (χ2v) is 3.76. The summed E-state index contributed by atoms with van der Waals surface area (Å²) in [6.07, 6.45) is 0. The van der Waals surface area contributed by atoms with E-state index in [1.165, 1.54) is 6.92 Å². The number of rotatable bonds is 9. The van der Waals surface area contributed by atoms with Crippen LogP contribution < -0.4 is 9.47 Å². The molecule has 0 saturated heterocycles. The number of Topliss-reactive ketones (excluding diaryl/α,β-unsaturated/α-hetero) is 1. The minimum Gasteiger partial charge on any atom is -0.491 e. The molecule has 1 rings (SSSR count). The molecule has 0 atom stereocenters. The highest BCUT2D eigenvalue weighted by atomic mass is 16.5. The Bertz CT molecular complexity index is 412. The molecule has 0 radical (unpaired) electrons. The van der Waals surface area contributed by atoms with Gasteiger partial charge in [0.25, 0.3) is 0 Å². The molecule has 0 aliphatic rings. The average Bonchev–Trinajstić information content (AvgIpc) is 2.37. The molecule has 19 heavy (non-hydrogen) atoms. The molecule has 6 heteroatoms. The summed E-state index contributed by atoms with van der Waals surface area (Å²) in [6.45, 7) is 1.83. The molecule has 104 valence electrons. The van der Waals surface area contributed by atoms with Gasteiger partial charge in [-0.25, -0.2) is 4.79 Å². The Morgan fingerprint density at radius 2 is 1.58 bits per heavy atom. The molecule has 1 N–H and O–H groups in total. The summed E-state index contributed by atoms with van der Waals surface area (Å²) in [5, 5.41) is 8.45. The number of carboxylic acid groups (broad SMARTS) is 1.